The van der Waals surface area contributed by atoms with Crippen molar-refractivity contribution in [3.63, 3.8) is 0 Å². The van der Waals surface area contributed by atoms with Gasteiger partial charge in [0.1, 0.15) is 31.0 Å². The molecule has 0 amide bonds. The van der Waals surface area contributed by atoms with Gasteiger partial charge in [-0.25, -0.2) is 9.97 Å². The van der Waals surface area contributed by atoms with E-state index >= 15 is 0 Å². The van der Waals surface area contributed by atoms with Gasteiger partial charge in [-0.3, -0.25) is 4.98 Å². The second-order valence-electron chi connectivity index (χ2n) is 6.49. The van der Waals surface area contributed by atoms with Crippen molar-refractivity contribution in [1.82, 2.24) is 15.0 Å². The molecule has 1 aliphatic carbocycles. The van der Waals surface area contributed by atoms with E-state index in [1.165, 1.54) is 7.11 Å². The van der Waals surface area contributed by atoms with Crippen LogP contribution in [0.15, 0.2) is 34.7 Å². The van der Waals surface area contributed by atoms with Crippen LogP contribution in [0.3, 0.4) is 0 Å². The van der Waals surface area contributed by atoms with Gasteiger partial charge >= 0.3 is 0 Å². The molecule has 2 heterocycles. The summed E-state index contributed by atoms with van der Waals surface area (Å²) in [5, 5.41) is 8.26. The molecule has 142 valence electrons. The number of nitrogens with zero attached hydrogens (tertiary/aromatic N) is 5. The fourth-order valence-electron chi connectivity index (χ4n) is 3.03. The van der Waals surface area contributed by atoms with Crippen LogP contribution in [0.25, 0.3) is 0 Å². The van der Waals surface area contributed by atoms with Gasteiger partial charge in [0.2, 0.25) is 0 Å². The van der Waals surface area contributed by atoms with Gasteiger partial charge in [-0.2, -0.15) is 0 Å². The molecular weight excluding hydrogens is 342 g/mol. The van der Waals surface area contributed by atoms with E-state index in [2.05, 4.69) is 25.3 Å². The highest BCUT2D eigenvalue weighted by atomic mass is 16.6. The van der Waals surface area contributed by atoms with Crippen LogP contribution in [0.2, 0.25) is 0 Å². The lowest BCUT2D eigenvalue weighted by Crippen LogP contribution is -2.16. The first-order valence-electron chi connectivity index (χ1n) is 9.23. The molecule has 0 bridgehead atoms. The molecule has 7 nitrogen and oxygen atoms in total. The van der Waals surface area contributed by atoms with E-state index in [1.807, 2.05) is 38.2 Å². The first-order valence-corrected chi connectivity index (χ1v) is 9.23. The van der Waals surface area contributed by atoms with Crippen LogP contribution in [0.4, 0.5) is 0 Å². The van der Waals surface area contributed by atoms with Crippen LogP contribution in [0.5, 0.6) is 0 Å². The van der Waals surface area contributed by atoms with Crippen molar-refractivity contribution in [2.75, 3.05) is 13.7 Å². The van der Waals surface area contributed by atoms with E-state index in [-0.39, 0.29) is 0 Å². The van der Waals surface area contributed by atoms with Crippen LogP contribution in [-0.2, 0) is 22.5 Å². The van der Waals surface area contributed by atoms with Gasteiger partial charge in [0.25, 0.3) is 0 Å². The molecule has 0 saturated carbocycles. The van der Waals surface area contributed by atoms with Crippen molar-refractivity contribution >= 4 is 11.4 Å². The zero-order valence-corrected chi connectivity index (χ0v) is 16.1. The monoisotopic (exact) mass is 367 g/mol. The minimum Gasteiger partial charge on any atom is -0.399 e. The second-order valence-corrected chi connectivity index (χ2v) is 6.49. The quantitative estimate of drug-likeness (QED) is 0.426. The van der Waals surface area contributed by atoms with E-state index < -0.39 is 0 Å². The van der Waals surface area contributed by atoms with Crippen LogP contribution < -0.4 is 0 Å². The Morgan fingerprint density at radius 1 is 1.22 bits per heavy atom. The van der Waals surface area contributed by atoms with Gasteiger partial charge in [0.15, 0.2) is 0 Å². The molecule has 0 aromatic carbocycles. The van der Waals surface area contributed by atoms with Crippen molar-refractivity contribution < 1.29 is 9.68 Å². The molecule has 0 saturated heterocycles. The van der Waals surface area contributed by atoms with E-state index in [4.69, 9.17) is 9.68 Å². The Kier molecular flexibility index (Phi) is 6.46. The van der Waals surface area contributed by atoms with Gasteiger partial charge in [0, 0.05) is 11.9 Å². The molecule has 2 aromatic rings. The van der Waals surface area contributed by atoms with Gasteiger partial charge in [0.05, 0.1) is 11.4 Å². The number of hydrogen-bond donors (Lipinski definition) is 0. The highest BCUT2D eigenvalue weighted by Crippen LogP contribution is 2.19. The molecule has 1 aliphatic rings. The number of pyridine rings is 1. The average molecular weight is 367 g/mol. The topological polar surface area (TPSA) is 81.9 Å². The third-order valence-electron chi connectivity index (χ3n) is 4.37. The molecule has 0 atom stereocenters. The summed E-state index contributed by atoms with van der Waals surface area (Å²) in [6, 6.07) is 5.91. The molecule has 2 aromatic heterocycles. The first kappa shape index (κ1) is 18.9. The Hall–Kier alpha value is -2.83. The summed E-state index contributed by atoms with van der Waals surface area (Å²) in [6.45, 7) is 4.32. The lowest BCUT2D eigenvalue weighted by atomic mass is 9.96. The molecule has 27 heavy (non-hydrogen) atoms. The Morgan fingerprint density at radius 2 is 2.11 bits per heavy atom. The highest BCUT2D eigenvalue weighted by molar-refractivity contribution is 6.00. The number of oxime groups is 2. The van der Waals surface area contributed by atoms with Gasteiger partial charge in [-0.15, -0.1) is 0 Å². The van der Waals surface area contributed by atoms with Crippen molar-refractivity contribution in [2.45, 2.75) is 46.0 Å². The molecular formula is C20H25N5O2. The summed E-state index contributed by atoms with van der Waals surface area (Å²) >= 11 is 0. The van der Waals surface area contributed by atoms with Gasteiger partial charge in [-0.1, -0.05) is 16.4 Å². The Labute approximate surface area is 159 Å². The standard InChI is InChI=1S/C20H25N5O2/c1-14(24-26-3)18-10-5-8-17(23-18)9-6-12-27-25-19-11-4-7-16-13-21-15(2)22-20(16)19/h5,8,10,13H,4,6-7,9,11-12H2,1-3H3. The van der Waals surface area contributed by atoms with Gasteiger partial charge in [-0.05, 0) is 63.6 Å². The third kappa shape index (κ3) is 5.09. The molecule has 3 rings (SSSR count). The van der Waals surface area contributed by atoms with E-state index in [0.717, 1.165) is 72.0 Å². The summed E-state index contributed by atoms with van der Waals surface area (Å²) in [5.74, 6) is 0.765. The predicted molar refractivity (Wildman–Crippen MR) is 104 cm³/mol. The SMILES string of the molecule is CON=C(C)c1cccc(CCCON=C2CCCc3cnc(C)nc32)n1. The summed E-state index contributed by atoms with van der Waals surface area (Å²) in [6.07, 6.45) is 6.51. The fraction of sp³-hybridized carbons (Fsp3) is 0.450. The lowest BCUT2D eigenvalue weighted by Gasteiger charge is -2.16. The lowest BCUT2D eigenvalue weighted by molar-refractivity contribution is 0.141. The zero-order chi connectivity index (χ0) is 19.1. The van der Waals surface area contributed by atoms with Crippen LogP contribution in [0.1, 0.15) is 54.7 Å². The number of aryl methyl sites for hydroxylation is 3. The highest BCUT2D eigenvalue weighted by Gasteiger charge is 2.18. The summed E-state index contributed by atoms with van der Waals surface area (Å²) in [4.78, 5) is 23.8. The number of aromatic nitrogens is 3. The van der Waals surface area contributed by atoms with E-state index in [0.29, 0.717) is 6.61 Å². The van der Waals surface area contributed by atoms with E-state index in [1.54, 1.807) is 0 Å². The molecule has 0 aliphatic heterocycles. The normalized spacial score (nSPS) is 15.5. The Balaban J connectivity index is 1.53. The molecule has 0 N–H and O–H groups in total. The zero-order valence-electron chi connectivity index (χ0n) is 16.1. The number of rotatable bonds is 7. The number of fused-ring (bicyclic) bond motifs is 1. The van der Waals surface area contributed by atoms with Crippen LogP contribution in [-0.4, -0.2) is 40.1 Å². The molecule has 7 heteroatoms. The molecule has 0 unspecified atom stereocenters. The van der Waals surface area contributed by atoms with Crippen molar-refractivity contribution in [3.8, 4) is 0 Å². The average Bonchev–Trinajstić information content (AvgIpc) is 2.68. The maximum atomic E-state index is 5.56. The third-order valence-corrected chi connectivity index (χ3v) is 4.37. The smallest absolute Gasteiger partial charge is 0.125 e. The van der Waals surface area contributed by atoms with Crippen molar-refractivity contribution in [3.05, 3.63) is 52.9 Å². The van der Waals surface area contributed by atoms with Gasteiger partial charge < -0.3 is 9.68 Å². The van der Waals surface area contributed by atoms with Crippen LogP contribution >= 0.6 is 0 Å². The fourth-order valence-corrected chi connectivity index (χ4v) is 3.03. The summed E-state index contributed by atoms with van der Waals surface area (Å²) < 4.78 is 0. The summed E-state index contributed by atoms with van der Waals surface area (Å²) in [5.41, 5.74) is 5.60. The Bertz CT molecular complexity index is 848. The Morgan fingerprint density at radius 3 is 2.96 bits per heavy atom. The first-order chi connectivity index (χ1) is 13.2. The largest absolute Gasteiger partial charge is 0.399 e. The minimum atomic E-state index is 0.542. The number of hydrogen-bond acceptors (Lipinski definition) is 7. The molecule has 0 fully saturated rings. The second kappa shape index (κ2) is 9.21. The van der Waals surface area contributed by atoms with Crippen molar-refractivity contribution in [1.29, 1.82) is 0 Å². The molecule has 0 spiro atoms. The van der Waals surface area contributed by atoms with Crippen LogP contribution in [0, 0.1) is 6.92 Å². The predicted octanol–water partition coefficient (Wildman–Crippen LogP) is 3.24. The van der Waals surface area contributed by atoms with Crippen molar-refractivity contribution in [2.24, 2.45) is 10.3 Å². The molecule has 0 radical (unpaired) electrons. The van der Waals surface area contributed by atoms with E-state index in [9.17, 15) is 0 Å². The minimum absolute atomic E-state index is 0.542. The summed E-state index contributed by atoms with van der Waals surface area (Å²) in [7, 11) is 1.53. The maximum Gasteiger partial charge on any atom is 0.125 e. The maximum absolute atomic E-state index is 5.56.